The zero-order valence-electron chi connectivity index (χ0n) is 12.3. The fourth-order valence-corrected chi connectivity index (χ4v) is 3.18. The van der Waals surface area contributed by atoms with E-state index in [0.29, 0.717) is 25.6 Å². The monoisotopic (exact) mass is 290 g/mol. The van der Waals surface area contributed by atoms with Crippen molar-refractivity contribution in [2.45, 2.75) is 31.5 Å². The Bertz CT molecular complexity index is 520. The normalized spacial score (nSPS) is 27.7. The van der Waals surface area contributed by atoms with Crippen molar-refractivity contribution in [2.75, 3.05) is 26.2 Å². The van der Waals surface area contributed by atoms with Gasteiger partial charge >= 0.3 is 6.03 Å². The van der Waals surface area contributed by atoms with Gasteiger partial charge in [0.2, 0.25) is 0 Å². The number of rotatable bonds is 3. The minimum absolute atomic E-state index is 0.0360. The van der Waals surface area contributed by atoms with E-state index in [9.17, 15) is 9.90 Å². The highest BCUT2D eigenvalue weighted by Crippen LogP contribution is 2.34. The molecule has 0 saturated carbocycles. The van der Waals surface area contributed by atoms with E-state index in [4.69, 9.17) is 4.74 Å². The van der Waals surface area contributed by atoms with Crippen molar-refractivity contribution in [1.29, 1.82) is 0 Å². The summed E-state index contributed by atoms with van der Waals surface area (Å²) in [6, 6.07) is 8.31. The van der Waals surface area contributed by atoms with Crippen molar-refractivity contribution in [3.63, 3.8) is 0 Å². The van der Waals surface area contributed by atoms with E-state index in [2.05, 4.69) is 23.5 Å². The first kappa shape index (κ1) is 14.4. The Morgan fingerprint density at radius 2 is 2.24 bits per heavy atom. The van der Waals surface area contributed by atoms with Gasteiger partial charge in [0.05, 0.1) is 25.4 Å². The van der Waals surface area contributed by atoms with E-state index in [0.717, 1.165) is 6.42 Å². The molecule has 21 heavy (non-hydrogen) atoms. The summed E-state index contributed by atoms with van der Waals surface area (Å²) in [5, 5.41) is 12.2. The van der Waals surface area contributed by atoms with Gasteiger partial charge in [-0.1, -0.05) is 24.3 Å². The minimum atomic E-state index is -0.274. The number of amides is 2. The quantitative estimate of drug-likeness (QED) is 0.877. The average molecular weight is 290 g/mol. The summed E-state index contributed by atoms with van der Waals surface area (Å²) in [4.78, 5) is 14.0. The molecule has 5 nitrogen and oxygen atoms in total. The standard InChI is InChI=1S/C16H22N2O3/c1-11-8-18(9-14(10-19)21-11)16(20)17-7-13-6-12-4-2-3-5-15(12)13/h2-5,11,13-14,19H,6-10H2,1H3,(H,17,20)/t11-,13+,14+/m1/s1. The van der Waals surface area contributed by atoms with Crippen LogP contribution in [0.4, 0.5) is 4.79 Å². The Morgan fingerprint density at radius 3 is 3.00 bits per heavy atom. The summed E-state index contributed by atoms with van der Waals surface area (Å²) in [7, 11) is 0. The summed E-state index contributed by atoms with van der Waals surface area (Å²) in [6.07, 6.45) is 0.727. The molecule has 114 valence electrons. The Hall–Kier alpha value is -1.59. The van der Waals surface area contributed by atoms with E-state index in [1.54, 1.807) is 4.90 Å². The lowest BCUT2D eigenvalue weighted by molar-refractivity contribution is -0.0833. The second-order valence-corrected chi connectivity index (χ2v) is 5.94. The number of nitrogens with one attached hydrogen (secondary N) is 1. The average Bonchev–Trinajstić information content (AvgIpc) is 2.47. The summed E-state index contributed by atoms with van der Waals surface area (Å²) in [6.45, 7) is 3.57. The maximum atomic E-state index is 12.2. The minimum Gasteiger partial charge on any atom is -0.394 e. The van der Waals surface area contributed by atoms with Crippen LogP contribution >= 0.6 is 0 Å². The van der Waals surface area contributed by atoms with Crippen LogP contribution in [-0.2, 0) is 11.2 Å². The van der Waals surface area contributed by atoms with Crippen LogP contribution in [0.15, 0.2) is 24.3 Å². The lowest BCUT2D eigenvalue weighted by Crippen LogP contribution is -2.53. The van der Waals surface area contributed by atoms with Gasteiger partial charge in [-0.05, 0) is 24.5 Å². The fraction of sp³-hybridized carbons (Fsp3) is 0.562. The number of fused-ring (bicyclic) bond motifs is 1. The van der Waals surface area contributed by atoms with Gasteiger partial charge in [0.1, 0.15) is 0 Å². The van der Waals surface area contributed by atoms with Gasteiger partial charge in [0, 0.05) is 19.0 Å². The summed E-state index contributed by atoms with van der Waals surface area (Å²) in [5.41, 5.74) is 2.73. The number of morpholine rings is 1. The number of carbonyl (C=O) groups excluding carboxylic acids is 1. The van der Waals surface area contributed by atoms with Crippen molar-refractivity contribution in [2.24, 2.45) is 0 Å². The van der Waals surface area contributed by atoms with Crippen LogP contribution < -0.4 is 5.32 Å². The third-order valence-electron chi connectivity index (χ3n) is 4.28. The second-order valence-electron chi connectivity index (χ2n) is 5.94. The molecule has 2 aliphatic rings. The smallest absolute Gasteiger partial charge is 0.317 e. The van der Waals surface area contributed by atoms with Gasteiger partial charge in [-0.2, -0.15) is 0 Å². The molecule has 0 unspecified atom stereocenters. The van der Waals surface area contributed by atoms with Crippen LogP contribution in [0.3, 0.4) is 0 Å². The number of benzene rings is 1. The largest absolute Gasteiger partial charge is 0.394 e. The molecule has 0 radical (unpaired) electrons. The Labute approximate surface area is 124 Å². The van der Waals surface area contributed by atoms with E-state index < -0.39 is 0 Å². The van der Waals surface area contributed by atoms with Crippen molar-refractivity contribution in [3.8, 4) is 0 Å². The molecule has 1 aromatic carbocycles. The number of aliphatic hydroxyl groups excluding tert-OH is 1. The molecule has 1 fully saturated rings. The first-order valence-corrected chi connectivity index (χ1v) is 7.54. The van der Waals surface area contributed by atoms with Crippen LogP contribution in [0.1, 0.15) is 24.0 Å². The Kier molecular flexibility index (Phi) is 4.12. The highest BCUT2D eigenvalue weighted by atomic mass is 16.5. The summed E-state index contributed by atoms with van der Waals surface area (Å²) >= 11 is 0. The molecule has 0 aromatic heterocycles. The zero-order chi connectivity index (χ0) is 14.8. The molecule has 0 spiro atoms. The maximum Gasteiger partial charge on any atom is 0.317 e. The second kappa shape index (κ2) is 6.03. The number of carbonyl (C=O) groups is 1. The molecule has 2 amide bonds. The zero-order valence-corrected chi connectivity index (χ0v) is 12.3. The third kappa shape index (κ3) is 3.04. The molecule has 3 atom stereocenters. The van der Waals surface area contributed by atoms with Crippen molar-refractivity contribution in [3.05, 3.63) is 35.4 Å². The highest BCUT2D eigenvalue weighted by molar-refractivity contribution is 5.74. The van der Waals surface area contributed by atoms with E-state index in [1.807, 2.05) is 13.0 Å². The van der Waals surface area contributed by atoms with Crippen LogP contribution in [0.2, 0.25) is 0 Å². The summed E-state index contributed by atoms with van der Waals surface area (Å²) < 4.78 is 5.55. The lowest BCUT2D eigenvalue weighted by Gasteiger charge is -2.37. The first-order chi connectivity index (χ1) is 10.2. The van der Waals surface area contributed by atoms with Crippen LogP contribution in [0, 0.1) is 0 Å². The predicted molar refractivity (Wildman–Crippen MR) is 79.3 cm³/mol. The predicted octanol–water partition coefficient (Wildman–Crippen LogP) is 1.12. The number of urea groups is 1. The van der Waals surface area contributed by atoms with Gasteiger partial charge in [-0.3, -0.25) is 0 Å². The molecule has 1 saturated heterocycles. The number of nitrogens with zero attached hydrogens (tertiary/aromatic N) is 1. The van der Waals surface area contributed by atoms with E-state index in [-0.39, 0.29) is 24.8 Å². The van der Waals surface area contributed by atoms with Gasteiger partial charge in [-0.15, -0.1) is 0 Å². The molecule has 1 heterocycles. The number of aliphatic hydroxyl groups is 1. The van der Waals surface area contributed by atoms with Crippen molar-refractivity contribution in [1.82, 2.24) is 10.2 Å². The maximum absolute atomic E-state index is 12.2. The molecule has 1 aliphatic carbocycles. The molecule has 0 bridgehead atoms. The lowest BCUT2D eigenvalue weighted by atomic mass is 9.78. The van der Waals surface area contributed by atoms with Crippen molar-refractivity contribution < 1.29 is 14.6 Å². The summed E-state index contributed by atoms with van der Waals surface area (Å²) in [5.74, 6) is 0.428. The molecular weight excluding hydrogens is 268 g/mol. The molecular formula is C16H22N2O3. The Balaban J connectivity index is 1.51. The van der Waals surface area contributed by atoms with Crippen LogP contribution in [0.5, 0.6) is 0 Å². The SMILES string of the molecule is C[C@@H]1CN(C(=O)NC[C@@H]2Cc3ccccc32)C[C@@H](CO)O1. The fourth-order valence-electron chi connectivity index (χ4n) is 3.18. The van der Waals surface area contributed by atoms with Gasteiger partial charge in [-0.25, -0.2) is 4.79 Å². The molecule has 3 rings (SSSR count). The van der Waals surface area contributed by atoms with Crippen LogP contribution in [-0.4, -0.2) is 54.5 Å². The number of hydrogen-bond acceptors (Lipinski definition) is 3. The molecule has 2 N–H and O–H groups in total. The van der Waals surface area contributed by atoms with E-state index >= 15 is 0 Å². The number of ether oxygens (including phenoxy) is 1. The Morgan fingerprint density at radius 1 is 1.43 bits per heavy atom. The van der Waals surface area contributed by atoms with Crippen molar-refractivity contribution >= 4 is 6.03 Å². The molecule has 1 aromatic rings. The number of hydrogen-bond donors (Lipinski definition) is 2. The molecule has 1 aliphatic heterocycles. The topological polar surface area (TPSA) is 61.8 Å². The van der Waals surface area contributed by atoms with Crippen LogP contribution in [0.25, 0.3) is 0 Å². The van der Waals surface area contributed by atoms with E-state index in [1.165, 1.54) is 11.1 Å². The molecule has 5 heteroatoms. The first-order valence-electron chi connectivity index (χ1n) is 7.54. The van der Waals surface area contributed by atoms with Gasteiger partial charge < -0.3 is 20.1 Å². The van der Waals surface area contributed by atoms with Gasteiger partial charge in [0.15, 0.2) is 0 Å². The third-order valence-corrected chi connectivity index (χ3v) is 4.28. The van der Waals surface area contributed by atoms with Gasteiger partial charge in [0.25, 0.3) is 0 Å². The highest BCUT2D eigenvalue weighted by Gasteiger charge is 2.30.